The third-order valence-corrected chi connectivity index (χ3v) is 3.18. The molecule has 0 aliphatic heterocycles. The molecule has 1 aromatic rings. The maximum absolute atomic E-state index is 13.3. The van der Waals surface area contributed by atoms with E-state index in [0.717, 1.165) is 4.90 Å². The Hall–Kier alpha value is -0.540. The molecule has 0 spiro atoms. The summed E-state index contributed by atoms with van der Waals surface area (Å²) < 4.78 is 13.3. The van der Waals surface area contributed by atoms with E-state index >= 15 is 0 Å². The minimum absolute atomic E-state index is 0.251. The zero-order valence-corrected chi connectivity index (χ0v) is 10.4. The first-order valence-electron chi connectivity index (χ1n) is 5.06. The Morgan fingerprint density at radius 1 is 1.27 bits per heavy atom. The van der Waals surface area contributed by atoms with Crippen molar-refractivity contribution >= 4 is 11.8 Å². The molecule has 84 valence electrons. The molecule has 0 heterocycles. The molecule has 0 aromatic heterocycles. The summed E-state index contributed by atoms with van der Waals surface area (Å²) in [6.45, 7) is 7.56. The van der Waals surface area contributed by atoms with Crippen LogP contribution in [0.15, 0.2) is 17.0 Å². The number of rotatable bonds is 3. The van der Waals surface area contributed by atoms with E-state index in [2.05, 4.69) is 13.8 Å². The fraction of sp³-hybridized carbons (Fsp3) is 0.500. The Morgan fingerprint density at radius 2 is 1.87 bits per heavy atom. The second-order valence-corrected chi connectivity index (χ2v) is 5.60. The van der Waals surface area contributed by atoms with Gasteiger partial charge >= 0.3 is 0 Å². The minimum atomic E-state index is -0.624. The summed E-state index contributed by atoms with van der Waals surface area (Å²) in [4.78, 5) is 0.971. The summed E-state index contributed by atoms with van der Waals surface area (Å²) in [6.07, 6.45) is -0.624. The van der Waals surface area contributed by atoms with E-state index < -0.39 is 6.10 Å². The van der Waals surface area contributed by atoms with Crippen LogP contribution in [0.5, 0.6) is 0 Å². The smallest absolute Gasteiger partial charge is 0.126 e. The average molecular weight is 228 g/mol. The van der Waals surface area contributed by atoms with Crippen molar-refractivity contribution in [3.63, 3.8) is 0 Å². The highest BCUT2D eigenvalue weighted by Crippen LogP contribution is 2.32. The highest BCUT2D eigenvalue weighted by molar-refractivity contribution is 8.00. The van der Waals surface area contributed by atoms with E-state index in [1.807, 2.05) is 6.07 Å². The van der Waals surface area contributed by atoms with Gasteiger partial charge in [-0.05, 0) is 37.1 Å². The van der Waals surface area contributed by atoms with Gasteiger partial charge in [-0.3, -0.25) is 0 Å². The number of aliphatic hydroxyl groups is 1. The molecule has 3 heteroatoms. The summed E-state index contributed by atoms with van der Waals surface area (Å²) in [5, 5.41) is 9.98. The maximum atomic E-state index is 13.3. The molecule has 15 heavy (non-hydrogen) atoms. The summed E-state index contributed by atoms with van der Waals surface area (Å²) in [5.74, 6) is -0.251. The van der Waals surface area contributed by atoms with E-state index in [4.69, 9.17) is 0 Å². The van der Waals surface area contributed by atoms with Crippen LogP contribution in [0.3, 0.4) is 0 Å². The van der Waals surface area contributed by atoms with Gasteiger partial charge in [-0.25, -0.2) is 4.39 Å². The number of benzene rings is 1. The zero-order chi connectivity index (χ0) is 11.6. The highest BCUT2D eigenvalue weighted by Gasteiger charge is 2.13. The Morgan fingerprint density at radius 3 is 2.33 bits per heavy atom. The van der Waals surface area contributed by atoms with Crippen molar-refractivity contribution in [3.05, 3.63) is 29.1 Å². The van der Waals surface area contributed by atoms with Crippen LogP contribution in [0.1, 0.15) is 38.0 Å². The monoisotopic (exact) mass is 228 g/mol. The maximum Gasteiger partial charge on any atom is 0.126 e. The summed E-state index contributed by atoms with van der Waals surface area (Å²) >= 11 is 1.65. The first-order chi connectivity index (χ1) is 6.91. The molecule has 0 saturated heterocycles. The van der Waals surface area contributed by atoms with Crippen LogP contribution in [0, 0.1) is 12.7 Å². The van der Waals surface area contributed by atoms with Crippen LogP contribution >= 0.6 is 11.8 Å². The van der Waals surface area contributed by atoms with Crippen molar-refractivity contribution in [2.24, 2.45) is 0 Å². The van der Waals surface area contributed by atoms with Gasteiger partial charge in [0.1, 0.15) is 5.82 Å². The van der Waals surface area contributed by atoms with Crippen molar-refractivity contribution in [2.75, 3.05) is 0 Å². The lowest BCUT2D eigenvalue weighted by atomic mass is 10.1. The van der Waals surface area contributed by atoms with Gasteiger partial charge in [0.15, 0.2) is 0 Å². The lowest BCUT2D eigenvalue weighted by molar-refractivity contribution is 0.196. The fourth-order valence-electron chi connectivity index (χ4n) is 1.35. The van der Waals surface area contributed by atoms with Gasteiger partial charge in [0, 0.05) is 10.1 Å². The largest absolute Gasteiger partial charge is 0.389 e. The molecule has 0 aliphatic carbocycles. The number of halogens is 1. The van der Waals surface area contributed by atoms with Crippen LogP contribution in [0.2, 0.25) is 0 Å². The van der Waals surface area contributed by atoms with Crippen LogP contribution in [-0.4, -0.2) is 10.4 Å². The van der Waals surface area contributed by atoms with Gasteiger partial charge in [0.2, 0.25) is 0 Å². The third kappa shape index (κ3) is 3.21. The quantitative estimate of drug-likeness (QED) is 0.796. The van der Waals surface area contributed by atoms with Crippen molar-refractivity contribution in [1.82, 2.24) is 0 Å². The van der Waals surface area contributed by atoms with Gasteiger partial charge in [0.25, 0.3) is 0 Å². The predicted molar refractivity (Wildman–Crippen MR) is 62.8 cm³/mol. The van der Waals surface area contributed by atoms with E-state index in [-0.39, 0.29) is 5.82 Å². The molecule has 0 fully saturated rings. The SMILES string of the molecule is Cc1cc(SC(C)C)c([C@H](C)O)cc1F. The van der Waals surface area contributed by atoms with Crippen LogP contribution < -0.4 is 0 Å². The fourth-order valence-corrected chi connectivity index (χ4v) is 2.47. The summed E-state index contributed by atoms with van der Waals surface area (Å²) in [6, 6.07) is 3.24. The van der Waals surface area contributed by atoms with Crippen molar-refractivity contribution in [3.8, 4) is 0 Å². The van der Waals surface area contributed by atoms with Crippen LogP contribution in [0.4, 0.5) is 4.39 Å². The van der Waals surface area contributed by atoms with E-state index in [9.17, 15) is 9.50 Å². The minimum Gasteiger partial charge on any atom is -0.389 e. The summed E-state index contributed by atoms with van der Waals surface area (Å²) in [5.41, 5.74) is 1.30. The van der Waals surface area contributed by atoms with Gasteiger partial charge in [0.05, 0.1) is 6.10 Å². The number of hydrogen-bond donors (Lipinski definition) is 1. The van der Waals surface area contributed by atoms with E-state index in [0.29, 0.717) is 16.4 Å². The van der Waals surface area contributed by atoms with Gasteiger partial charge in [-0.2, -0.15) is 0 Å². The van der Waals surface area contributed by atoms with Crippen molar-refractivity contribution in [1.29, 1.82) is 0 Å². The highest BCUT2D eigenvalue weighted by atomic mass is 32.2. The summed E-state index contributed by atoms with van der Waals surface area (Å²) in [7, 11) is 0. The molecule has 1 aromatic carbocycles. The molecule has 1 nitrogen and oxygen atoms in total. The molecule has 0 saturated carbocycles. The average Bonchev–Trinajstić information content (AvgIpc) is 2.09. The normalized spacial score (nSPS) is 13.3. The second kappa shape index (κ2) is 4.99. The molecule has 0 amide bonds. The third-order valence-electron chi connectivity index (χ3n) is 2.10. The predicted octanol–water partition coefficient (Wildman–Crippen LogP) is 3.69. The molecule has 1 N–H and O–H groups in total. The second-order valence-electron chi connectivity index (χ2n) is 3.98. The topological polar surface area (TPSA) is 20.2 Å². The molecular formula is C12H17FOS. The number of aryl methyl sites for hydroxylation is 1. The van der Waals surface area contributed by atoms with Crippen LogP contribution in [0.25, 0.3) is 0 Å². The lowest BCUT2D eigenvalue weighted by Crippen LogP contribution is -1.99. The zero-order valence-electron chi connectivity index (χ0n) is 9.54. The van der Waals surface area contributed by atoms with Crippen molar-refractivity contribution < 1.29 is 9.50 Å². The standard InChI is InChI=1S/C12H17FOS/c1-7(2)15-12-5-8(3)11(13)6-10(12)9(4)14/h5-7,9,14H,1-4H3/t9-/m0/s1. The Kier molecular flexibility index (Phi) is 4.17. The molecule has 0 aliphatic rings. The molecule has 0 radical (unpaired) electrons. The van der Waals surface area contributed by atoms with Gasteiger partial charge in [-0.1, -0.05) is 13.8 Å². The van der Waals surface area contributed by atoms with Crippen LogP contribution in [-0.2, 0) is 0 Å². The molecule has 1 atom stereocenters. The first-order valence-corrected chi connectivity index (χ1v) is 5.94. The Bertz CT molecular complexity index is 348. The molecule has 0 bridgehead atoms. The lowest BCUT2D eigenvalue weighted by Gasteiger charge is -2.14. The molecular weight excluding hydrogens is 211 g/mol. The Labute approximate surface area is 94.7 Å². The Balaban J connectivity index is 3.16. The number of aliphatic hydroxyl groups excluding tert-OH is 1. The number of hydrogen-bond acceptors (Lipinski definition) is 2. The van der Waals surface area contributed by atoms with Gasteiger partial charge in [-0.15, -0.1) is 11.8 Å². The number of thioether (sulfide) groups is 1. The van der Waals surface area contributed by atoms with E-state index in [1.165, 1.54) is 6.07 Å². The van der Waals surface area contributed by atoms with Crippen molar-refractivity contribution in [2.45, 2.75) is 43.9 Å². The molecule has 1 rings (SSSR count). The van der Waals surface area contributed by atoms with Gasteiger partial charge < -0.3 is 5.11 Å². The van der Waals surface area contributed by atoms with E-state index in [1.54, 1.807) is 25.6 Å². The molecule has 0 unspecified atom stereocenters. The first kappa shape index (κ1) is 12.5.